The second kappa shape index (κ2) is 8.68. The minimum absolute atomic E-state index is 0.104. The highest BCUT2D eigenvalue weighted by atomic mass is 79.9. The van der Waals surface area contributed by atoms with Crippen LogP contribution in [0.3, 0.4) is 0 Å². The molecule has 0 heterocycles. The van der Waals surface area contributed by atoms with Gasteiger partial charge in [0.05, 0.1) is 0 Å². The molecule has 1 unspecified atom stereocenters. The Morgan fingerprint density at radius 3 is 2.60 bits per heavy atom. The summed E-state index contributed by atoms with van der Waals surface area (Å²) in [6.45, 7) is 6.65. The lowest BCUT2D eigenvalue weighted by Gasteiger charge is -2.06. The number of hydrogen-bond acceptors (Lipinski definition) is 2. The van der Waals surface area contributed by atoms with E-state index in [-0.39, 0.29) is 10.7 Å². The Labute approximate surface area is 100 Å². The first kappa shape index (κ1) is 14.4. The van der Waals surface area contributed by atoms with E-state index in [1.54, 1.807) is 0 Å². The molecule has 0 radical (unpaired) electrons. The number of amides is 1. The second-order valence-corrected chi connectivity index (χ2v) is 4.54. The van der Waals surface area contributed by atoms with Crippen molar-refractivity contribution in [3.63, 3.8) is 0 Å². The van der Waals surface area contributed by atoms with Crippen molar-refractivity contribution in [2.75, 3.05) is 6.54 Å². The van der Waals surface area contributed by atoms with E-state index in [0.717, 1.165) is 6.42 Å². The summed E-state index contributed by atoms with van der Waals surface area (Å²) in [5, 5.41) is 0. The van der Waals surface area contributed by atoms with Crippen LogP contribution in [-0.4, -0.2) is 17.3 Å². The zero-order chi connectivity index (χ0) is 11.7. The Morgan fingerprint density at radius 2 is 2.13 bits per heavy atom. The molecular weight excluding hydrogens is 256 g/mol. The van der Waals surface area contributed by atoms with Crippen LogP contribution >= 0.6 is 15.9 Å². The maximum absolute atomic E-state index is 11.6. The molecule has 0 aromatic rings. The third-order valence-corrected chi connectivity index (χ3v) is 1.85. The average molecular weight is 275 g/mol. The monoisotopic (exact) mass is 274 g/mol. The van der Waals surface area contributed by atoms with E-state index >= 15 is 0 Å². The Bertz CT molecular complexity index is 247. The van der Waals surface area contributed by atoms with Crippen molar-refractivity contribution in [1.82, 2.24) is 10.9 Å². The molecule has 4 heteroatoms. The highest BCUT2D eigenvalue weighted by Gasteiger charge is 2.05. The number of hydrazine groups is 1. The summed E-state index contributed by atoms with van der Waals surface area (Å²) in [5.74, 6) is -0.104. The second-order valence-electron chi connectivity index (χ2n) is 3.09. The zero-order valence-corrected chi connectivity index (χ0v) is 11.1. The highest BCUT2D eigenvalue weighted by molar-refractivity contribution is 9.09. The molecule has 0 fully saturated rings. The molecular formula is C11H19BrN2O. The first-order valence-corrected chi connectivity index (χ1v) is 6.09. The van der Waals surface area contributed by atoms with E-state index in [2.05, 4.69) is 26.8 Å². The molecule has 0 aliphatic rings. The Balaban J connectivity index is 4.48. The summed E-state index contributed by atoms with van der Waals surface area (Å²) in [6, 6.07) is 0. The molecule has 0 saturated heterocycles. The number of allylic oxidation sites excluding steroid dienone is 2. The molecule has 15 heavy (non-hydrogen) atoms. The average Bonchev–Trinajstić information content (AvgIpc) is 2.20. The first-order chi connectivity index (χ1) is 7.11. The normalized spacial score (nSPS) is 14.3. The topological polar surface area (TPSA) is 41.1 Å². The molecule has 0 aromatic carbocycles. The van der Waals surface area contributed by atoms with Crippen LogP contribution in [0.5, 0.6) is 0 Å². The largest absolute Gasteiger partial charge is 0.287 e. The van der Waals surface area contributed by atoms with Gasteiger partial charge in [-0.3, -0.25) is 10.2 Å². The van der Waals surface area contributed by atoms with Gasteiger partial charge in [0.15, 0.2) is 0 Å². The quantitative estimate of drug-likeness (QED) is 0.338. The van der Waals surface area contributed by atoms with Crippen molar-refractivity contribution < 1.29 is 4.79 Å². The standard InChI is InChI=1S/C11H19BrN2O/c1-4-6-7-10(8-9(3)12)11(15)14-13-5-2/h6-9,13H,4-5H2,1-3H3,(H,14,15)/b7-6-,10-8+. The minimum atomic E-state index is -0.104. The van der Waals surface area contributed by atoms with Crippen LogP contribution in [0.2, 0.25) is 0 Å². The third-order valence-electron chi connectivity index (χ3n) is 1.58. The van der Waals surface area contributed by atoms with Gasteiger partial charge in [-0.2, -0.15) is 0 Å². The van der Waals surface area contributed by atoms with Crippen molar-refractivity contribution in [3.05, 3.63) is 23.8 Å². The van der Waals surface area contributed by atoms with Crippen molar-refractivity contribution in [2.24, 2.45) is 0 Å². The van der Waals surface area contributed by atoms with Crippen LogP contribution < -0.4 is 10.9 Å². The zero-order valence-electron chi connectivity index (χ0n) is 9.51. The van der Waals surface area contributed by atoms with Crippen LogP contribution in [0.1, 0.15) is 27.2 Å². The molecule has 1 atom stereocenters. The molecule has 0 aromatic heterocycles. The number of carbonyl (C=O) groups excluding carboxylic acids is 1. The molecule has 0 aliphatic carbocycles. The van der Waals surface area contributed by atoms with Crippen LogP contribution in [0.15, 0.2) is 23.8 Å². The van der Waals surface area contributed by atoms with E-state index in [1.807, 2.05) is 39.0 Å². The number of nitrogens with one attached hydrogen (secondary N) is 2. The molecule has 0 saturated carbocycles. The van der Waals surface area contributed by atoms with Gasteiger partial charge in [-0.1, -0.05) is 48.0 Å². The van der Waals surface area contributed by atoms with Crippen molar-refractivity contribution in [1.29, 1.82) is 0 Å². The molecule has 86 valence electrons. The fraction of sp³-hybridized carbons (Fsp3) is 0.545. The predicted molar refractivity (Wildman–Crippen MR) is 67.7 cm³/mol. The van der Waals surface area contributed by atoms with E-state index in [1.165, 1.54) is 0 Å². The summed E-state index contributed by atoms with van der Waals surface area (Å²) in [7, 11) is 0. The van der Waals surface area contributed by atoms with Gasteiger partial charge in [0.25, 0.3) is 5.91 Å². The smallest absolute Gasteiger partial charge is 0.265 e. The highest BCUT2D eigenvalue weighted by Crippen LogP contribution is 2.06. The third kappa shape index (κ3) is 7.33. The van der Waals surface area contributed by atoms with Gasteiger partial charge in [0, 0.05) is 16.9 Å². The van der Waals surface area contributed by atoms with E-state index in [9.17, 15) is 4.79 Å². The van der Waals surface area contributed by atoms with E-state index in [0.29, 0.717) is 12.1 Å². The molecule has 0 aliphatic heterocycles. The lowest BCUT2D eigenvalue weighted by atomic mass is 10.2. The molecule has 0 spiro atoms. The first-order valence-electron chi connectivity index (χ1n) is 5.17. The molecule has 0 rings (SSSR count). The van der Waals surface area contributed by atoms with Gasteiger partial charge < -0.3 is 0 Å². The maximum Gasteiger partial charge on any atom is 0.265 e. The lowest BCUT2D eigenvalue weighted by Crippen LogP contribution is -2.37. The number of alkyl halides is 1. The van der Waals surface area contributed by atoms with Gasteiger partial charge in [0.1, 0.15) is 0 Å². The summed E-state index contributed by atoms with van der Waals surface area (Å²) in [6.07, 6.45) is 6.60. The Hall–Kier alpha value is -0.610. The molecule has 2 N–H and O–H groups in total. The van der Waals surface area contributed by atoms with Crippen molar-refractivity contribution >= 4 is 21.8 Å². The Morgan fingerprint density at radius 1 is 1.47 bits per heavy atom. The van der Waals surface area contributed by atoms with Gasteiger partial charge in [0.2, 0.25) is 0 Å². The van der Waals surface area contributed by atoms with E-state index < -0.39 is 0 Å². The molecule has 0 bridgehead atoms. The number of hydrogen-bond donors (Lipinski definition) is 2. The van der Waals surface area contributed by atoms with Crippen LogP contribution in [-0.2, 0) is 4.79 Å². The lowest BCUT2D eigenvalue weighted by molar-refractivity contribution is -0.118. The SMILES string of the molecule is CC/C=C\C(=C/C(C)Br)C(=O)NNCC. The van der Waals surface area contributed by atoms with E-state index in [4.69, 9.17) is 0 Å². The fourth-order valence-electron chi connectivity index (χ4n) is 0.940. The van der Waals surface area contributed by atoms with Crippen molar-refractivity contribution in [2.45, 2.75) is 32.0 Å². The maximum atomic E-state index is 11.6. The van der Waals surface area contributed by atoms with Crippen LogP contribution in [0.4, 0.5) is 0 Å². The van der Waals surface area contributed by atoms with Gasteiger partial charge in [-0.05, 0) is 13.3 Å². The van der Waals surface area contributed by atoms with Crippen LogP contribution in [0.25, 0.3) is 0 Å². The summed E-state index contributed by atoms with van der Waals surface area (Å²) in [4.78, 5) is 11.8. The van der Waals surface area contributed by atoms with Gasteiger partial charge >= 0.3 is 0 Å². The number of rotatable bonds is 6. The Kier molecular flexibility index (Phi) is 8.33. The summed E-state index contributed by atoms with van der Waals surface area (Å²) >= 11 is 3.39. The summed E-state index contributed by atoms with van der Waals surface area (Å²) in [5.41, 5.74) is 6.07. The molecule has 3 nitrogen and oxygen atoms in total. The van der Waals surface area contributed by atoms with Crippen LogP contribution in [0, 0.1) is 0 Å². The summed E-state index contributed by atoms with van der Waals surface area (Å²) < 4.78 is 0. The number of halogens is 1. The van der Waals surface area contributed by atoms with Gasteiger partial charge in [-0.15, -0.1) is 0 Å². The fourth-order valence-corrected chi connectivity index (χ4v) is 1.22. The van der Waals surface area contributed by atoms with Gasteiger partial charge in [-0.25, -0.2) is 5.43 Å². The molecule has 1 amide bonds. The predicted octanol–water partition coefficient (Wildman–Crippen LogP) is 2.30. The van der Waals surface area contributed by atoms with Crippen molar-refractivity contribution in [3.8, 4) is 0 Å². The minimum Gasteiger partial charge on any atom is -0.287 e. The number of carbonyl (C=O) groups is 1.